The van der Waals surface area contributed by atoms with Crippen LogP contribution in [-0.2, 0) is 0 Å². The molecule has 0 bridgehead atoms. The lowest BCUT2D eigenvalue weighted by Crippen LogP contribution is -2.20. The van der Waals surface area contributed by atoms with E-state index in [2.05, 4.69) is 10.6 Å². The average molecular weight is 228 g/mol. The summed E-state index contributed by atoms with van der Waals surface area (Å²) in [6, 6.07) is 10.1. The van der Waals surface area contributed by atoms with Crippen molar-refractivity contribution in [3.63, 3.8) is 0 Å². The predicted molar refractivity (Wildman–Crippen MR) is 75.8 cm³/mol. The van der Waals surface area contributed by atoms with E-state index < -0.39 is 0 Å². The van der Waals surface area contributed by atoms with Crippen LogP contribution >= 0.6 is 0 Å². The van der Waals surface area contributed by atoms with Crippen molar-refractivity contribution in [1.29, 1.82) is 0 Å². The maximum atomic E-state index is 3.32. The standard InChI is InChI=1S/C15H20N2/c1-3-5-10-14(9-4-2)16-13-17-15-11-7-6-8-12-15/h3-12,16-17H,13H2,1-2H3/b5-3-,9-4-,14-10+. The number of hydrogen-bond acceptors (Lipinski definition) is 2. The van der Waals surface area contributed by atoms with E-state index >= 15 is 0 Å². The Morgan fingerprint density at radius 1 is 1.12 bits per heavy atom. The van der Waals surface area contributed by atoms with Crippen LogP contribution in [0.4, 0.5) is 5.69 Å². The molecule has 1 aromatic carbocycles. The molecule has 0 fully saturated rings. The first-order chi connectivity index (χ1) is 8.36. The van der Waals surface area contributed by atoms with Gasteiger partial charge in [0.15, 0.2) is 0 Å². The number of nitrogens with one attached hydrogen (secondary N) is 2. The highest BCUT2D eigenvalue weighted by molar-refractivity contribution is 5.42. The third-order valence-electron chi connectivity index (χ3n) is 2.17. The van der Waals surface area contributed by atoms with E-state index in [9.17, 15) is 0 Å². The second-order valence-corrected chi connectivity index (χ2v) is 3.54. The lowest BCUT2D eigenvalue weighted by atomic mass is 10.3. The van der Waals surface area contributed by atoms with Gasteiger partial charge in [0, 0.05) is 11.4 Å². The summed E-state index contributed by atoms with van der Waals surface area (Å²) in [5.74, 6) is 0. The summed E-state index contributed by atoms with van der Waals surface area (Å²) in [4.78, 5) is 0. The third kappa shape index (κ3) is 5.61. The Balaban J connectivity index is 2.43. The molecule has 2 N–H and O–H groups in total. The first kappa shape index (κ1) is 13.1. The molecule has 1 rings (SSSR count). The molecule has 0 radical (unpaired) electrons. The van der Waals surface area contributed by atoms with Crippen molar-refractivity contribution >= 4 is 5.69 Å². The molecule has 0 aliphatic heterocycles. The van der Waals surface area contributed by atoms with Crippen LogP contribution in [-0.4, -0.2) is 6.67 Å². The van der Waals surface area contributed by atoms with Crippen LogP contribution < -0.4 is 10.6 Å². The molecule has 17 heavy (non-hydrogen) atoms. The van der Waals surface area contributed by atoms with Crippen LogP contribution in [0.5, 0.6) is 0 Å². The largest absolute Gasteiger partial charge is 0.368 e. The highest BCUT2D eigenvalue weighted by Gasteiger charge is 1.90. The fourth-order valence-corrected chi connectivity index (χ4v) is 1.36. The van der Waals surface area contributed by atoms with Gasteiger partial charge in [-0.15, -0.1) is 0 Å². The van der Waals surface area contributed by atoms with Crippen molar-refractivity contribution in [2.45, 2.75) is 13.8 Å². The average Bonchev–Trinajstić information content (AvgIpc) is 2.37. The highest BCUT2D eigenvalue weighted by atomic mass is 15.1. The number of rotatable bonds is 6. The molecule has 0 unspecified atom stereocenters. The summed E-state index contributed by atoms with van der Waals surface area (Å²) in [6.45, 7) is 4.72. The second kappa shape index (κ2) is 8.22. The van der Waals surface area contributed by atoms with Gasteiger partial charge in [0.25, 0.3) is 0 Å². The molecule has 2 heteroatoms. The van der Waals surface area contributed by atoms with Crippen LogP contribution in [0.1, 0.15) is 13.8 Å². The summed E-state index contributed by atoms with van der Waals surface area (Å²) >= 11 is 0. The molecule has 0 spiro atoms. The van der Waals surface area contributed by atoms with E-state index in [1.807, 2.05) is 74.6 Å². The van der Waals surface area contributed by atoms with E-state index in [0.29, 0.717) is 6.67 Å². The van der Waals surface area contributed by atoms with E-state index in [0.717, 1.165) is 11.4 Å². The van der Waals surface area contributed by atoms with Gasteiger partial charge in [-0.3, -0.25) is 0 Å². The van der Waals surface area contributed by atoms with Crippen LogP contribution in [0, 0.1) is 0 Å². The molecule has 0 aliphatic carbocycles. The van der Waals surface area contributed by atoms with E-state index in [1.165, 1.54) is 0 Å². The van der Waals surface area contributed by atoms with Crippen molar-refractivity contribution in [3.05, 3.63) is 66.4 Å². The monoisotopic (exact) mass is 228 g/mol. The molecular weight excluding hydrogens is 208 g/mol. The Hall–Kier alpha value is -1.96. The van der Waals surface area contributed by atoms with Gasteiger partial charge in [0.05, 0.1) is 6.67 Å². The summed E-state index contributed by atoms with van der Waals surface area (Å²) in [5, 5.41) is 6.62. The molecule has 0 aromatic heterocycles. The second-order valence-electron chi connectivity index (χ2n) is 3.54. The van der Waals surface area contributed by atoms with E-state index in [-0.39, 0.29) is 0 Å². The number of allylic oxidation sites excluding steroid dienone is 5. The zero-order valence-corrected chi connectivity index (χ0v) is 10.5. The Labute approximate surface area is 104 Å². The Morgan fingerprint density at radius 2 is 1.88 bits per heavy atom. The van der Waals surface area contributed by atoms with Gasteiger partial charge in [-0.25, -0.2) is 0 Å². The van der Waals surface area contributed by atoms with Gasteiger partial charge in [0.2, 0.25) is 0 Å². The minimum atomic E-state index is 0.706. The topological polar surface area (TPSA) is 24.1 Å². The molecule has 0 aliphatic rings. The molecule has 0 saturated heterocycles. The molecule has 0 amide bonds. The smallest absolute Gasteiger partial charge is 0.0849 e. The molecule has 2 nitrogen and oxygen atoms in total. The number of hydrogen-bond donors (Lipinski definition) is 2. The first-order valence-electron chi connectivity index (χ1n) is 5.85. The van der Waals surface area contributed by atoms with Gasteiger partial charge in [-0.1, -0.05) is 36.4 Å². The summed E-state index contributed by atoms with van der Waals surface area (Å²) in [5.41, 5.74) is 2.21. The quantitative estimate of drug-likeness (QED) is 0.573. The fraction of sp³-hybridized carbons (Fsp3) is 0.200. The first-order valence-corrected chi connectivity index (χ1v) is 5.85. The van der Waals surface area contributed by atoms with Gasteiger partial charge < -0.3 is 10.6 Å². The lowest BCUT2D eigenvalue weighted by Gasteiger charge is -2.09. The third-order valence-corrected chi connectivity index (χ3v) is 2.17. The van der Waals surface area contributed by atoms with Crippen molar-refractivity contribution in [3.8, 4) is 0 Å². The minimum absolute atomic E-state index is 0.706. The maximum absolute atomic E-state index is 3.32. The van der Waals surface area contributed by atoms with Crippen molar-refractivity contribution in [1.82, 2.24) is 5.32 Å². The van der Waals surface area contributed by atoms with Gasteiger partial charge >= 0.3 is 0 Å². The van der Waals surface area contributed by atoms with Gasteiger partial charge in [-0.2, -0.15) is 0 Å². The molecule has 1 aromatic rings. The normalized spacial score (nSPS) is 12.2. The van der Waals surface area contributed by atoms with E-state index in [4.69, 9.17) is 0 Å². The summed E-state index contributed by atoms with van der Waals surface area (Å²) in [7, 11) is 0. The van der Waals surface area contributed by atoms with Crippen molar-refractivity contribution < 1.29 is 0 Å². The SMILES string of the molecule is C\C=C/C=C(\C=C/C)NCNc1ccccc1. The molecule has 0 atom stereocenters. The molecular formula is C15H20N2. The number of anilines is 1. The maximum Gasteiger partial charge on any atom is 0.0849 e. The zero-order chi connectivity index (χ0) is 12.3. The zero-order valence-electron chi connectivity index (χ0n) is 10.5. The molecule has 90 valence electrons. The van der Waals surface area contributed by atoms with Crippen LogP contribution in [0.2, 0.25) is 0 Å². The predicted octanol–water partition coefficient (Wildman–Crippen LogP) is 3.68. The van der Waals surface area contributed by atoms with Gasteiger partial charge in [-0.05, 0) is 38.1 Å². The lowest BCUT2D eigenvalue weighted by molar-refractivity contribution is 0.889. The summed E-state index contributed by atoms with van der Waals surface area (Å²) in [6.07, 6.45) is 10.1. The van der Waals surface area contributed by atoms with Crippen molar-refractivity contribution in [2.75, 3.05) is 12.0 Å². The molecule has 0 heterocycles. The Bertz CT molecular complexity index is 389. The summed E-state index contributed by atoms with van der Waals surface area (Å²) < 4.78 is 0. The highest BCUT2D eigenvalue weighted by Crippen LogP contribution is 2.03. The van der Waals surface area contributed by atoms with E-state index in [1.54, 1.807) is 0 Å². The Morgan fingerprint density at radius 3 is 2.53 bits per heavy atom. The van der Waals surface area contributed by atoms with Crippen LogP contribution in [0.25, 0.3) is 0 Å². The minimum Gasteiger partial charge on any atom is -0.368 e. The Kier molecular flexibility index (Phi) is 6.34. The number of para-hydroxylation sites is 1. The molecule has 0 saturated carbocycles. The van der Waals surface area contributed by atoms with Gasteiger partial charge in [0.1, 0.15) is 0 Å². The number of benzene rings is 1. The fourth-order valence-electron chi connectivity index (χ4n) is 1.36. The van der Waals surface area contributed by atoms with Crippen LogP contribution in [0.3, 0.4) is 0 Å². The van der Waals surface area contributed by atoms with Crippen LogP contribution in [0.15, 0.2) is 66.4 Å². The van der Waals surface area contributed by atoms with Crippen molar-refractivity contribution in [2.24, 2.45) is 0 Å².